The Labute approximate surface area is 254 Å². The Hall–Kier alpha value is -3.31. The zero-order valence-electron chi connectivity index (χ0n) is 25.0. The van der Waals surface area contributed by atoms with Crippen LogP contribution in [0.3, 0.4) is 0 Å². The predicted octanol–water partition coefficient (Wildman–Crippen LogP) is 3.52. The third-order valence-corrected chi connectivity index (χ3v) is 11.8. The lowest BCUT2D eigenvalue weighted by Crippen LogP contribution is -2.67. The molecule has 10 nitrogen and oxygen atoms in total. The van der Waals surface area contributed by atoms with E-state index in [4.69, 9.17) is 0 Å². The summed E-state index contributed by atoms with van der Waals surface area (Å²) in [5.41, 5.74) is 3.98. The number of nitrogens with one attached hydrogen (secondary N) is 2. The van der Waals surface area contributed by atoms with Crippen LogP contribution in [-0.2, 0) is 14.8 Å². The highest BCUT2D eigenvalue weighted by molar-refractivity contribution is 7.88. The van der Waals surface area contributed by atoms with Gasteiger partial charge >= 0.3 is 6.03 Å². The number of para-hydroxylation sites is 2. The van der Waals surface area contributed by atoms with Crippen molar-refractivity contribution in [3.05, 3.63) is 48.5 Å². The fourth-order valence-electron chi connectivity index (χ4n) is 8.97. The van der Waals surface area contributed by atoms with Crippen LogP contribution in [-0.4, -0.2) is 81.8 Å². The molecule has 43 heavy (non-hydrogen) atoms. The molecule has 230 valence electrons. The van der Waals surface area contributed by atoms with Crippen LogP contribution in [0, 0.1) is 17.8 Å². The van der Waals surface area contributed by atoms with E-state index in [2.05, 4.69) is 50.8 Å². The van der Waals surface area contributed by atoms with E-state index in [9.17, 15) is 18.0 Å². The molecule has 5 fully saturated rings. The molecule has 2 N–H and O–H groups in total. The quantitative estimate of drug-likeness (QED) is 0.540. The molecule has 6 aliphatic rings. The van der Waals surface area contributed by atoms with Crippen molar-refractivity contribution in [2.45, 2.75) is 50.6 Å². The lowest BCUT2D eigenvalue weighted by molar-refractivity contribution is -0.125. The van der Waals surface area contributed by atoms with Crippen LogP contribution < -0.4 is 25.3 Å². The molecule has 0 spiro atoms. The number of fused-ring (bicyclic) bond motifs is 1. The minimum absolute atomic E-state index is 0.0262. The Morgan fingerprint density at radius 1 is 0.814 bits per heavy atom. The van der Waals surface area contributed by atoms with Gasteiger partial charge in [-0.25, -0.2) is 13.2 Å². The Kier molecular flexibility index (Phi) is 7.08. The molecule has 1 saturated heterocycles. The number of piperazine rings is 1. The van der Waals surface area contributed by atoms with Crippen molar-refractivity contribution in [3.8, 4) is 0 Å². The third-order valence-electron chi connectivity index (χ3n) is 10.5. The Balaban J connectivity index is 1.04. The molecule has 4 saturated carbocycles. The van der Waals surface area contributed by atoms with Gasteiger partial charge in [-0.05, 0) is 86.3 Å². The topological polar surface area (TPSA) is 105 Å². The van der Waals surface area contributed by atoms with Gasteiger partial charge in [0, 0.05) is 69.1 Å². The molecule has 0 radical (unpaired) electrons. The first-order valence-electron chi connectivity index (χ1n) is 15.6. The van der Waals surface area contributed by atoms with Gasteiger partial charge in [0.25, 0.3) is 0 Å². The van der Waals surface area contributed by atoms with Gasteiger partial charge in [-0.15, -0.1) is 0 Å². The van der Waals surface area contributed by atoms with Crippen LogP contribution in [0.1, 0.15) is 39.0 Å². The molecule has 0 aromatic heterocycles. The van der Waals surface area contributed by atoms with Crippen molar-refractivity contribution in [3.63, 3.8) is 0 Å². The van der Waals surface area contributed by atoms with E-state index < -0.39 is 10.0 Å². The fourth-order valence-corrected chi connectivity index (χ4v) is 9.80. The molecular weight excluding hydrogens is 564 g/mol. The van der Waals surface area contributed by atoms with Crippen LogP contribution in [0.4, 0.5) is 27.5 Å². The number of anilines is 4. The molecule has 8 rings (SSSR count). The number of nitrogens with zero attached hydrogens (tertiary/aromatic N) is 4. The molecule has 2 aliphatic heterocycles. The molecule has 11 heteroatoms. The van der Waals surface area contributed by atoms with E-state index in [0.29, 0.717) is 57.0 Å². The fraction of sp³-hybridized carbons (Fsp3) is 0.562. The zero-order chi connectivity index (χ0) is 29.9. The van der Waals surface area contributed by atoms with Crippen LogP contribution in [0.15, 0.2) is 48.5 Å². The van der Waals surface area contributed by atoms with Crippen LogP contribution in [0.5, 0.6) is 0 Å². The largest absolute Gasteiger partial charge is 0.369 e. The van der Waals surface area contributed by atoms with E-state index in [0.717, 1.165) is 54.9 Å². The van der Waals surface area contributed by atoms with Gasteiger partial charge in [0.05, 0.1) is 17.6 Å². The second kappa shape index (κ2) is 10.7. The summed E-state index contributed by atoms with van der Waals surface area (Å²) >= 11 is 0. The molecule has 4 aliphatic carbocycles. The second-order valence-corrected chi connectivity index (χ2v) is 15.3. The van der Waals surface area contributed by atoms with Crippen LogP contribution in [0.25, 0.3) is 0 Å². The summed E-state index contributed by atoms with van der Waals surface area (Å²) in [7, 11) is -3.16. The molecule has 2 atom stereocenters. The SMILES string of the molecule is CC(=O)NC12CC3CC(C1)C(NC(=O)N1CCN(c4ccc(N5CCN(S(C)(=O)=O)CC5)cc4)c4ccccc41)C(C3)C2. The summed E-state index contributed by atoms with van der Waals surface area (Å²) in [4.78, 5) is 32.2. The number of rotatable bonds is 5. The van der Waals surface area contributed by atoms with Gasteiger partial charge in [0.2, 0.25) is 15.9 Å². The summed E-state index contributed by atoms with van der Waals surface area (Å²) in [6.45, 7) is 5.21. The first kappa shape index (κ1) is 28.5. The number of carbonyl (C=O) groups is 2. The zero-order valence-corrected chi connectivity index (χ0v) is 25.9. The average Bonchev–Trinajstić information content (AvgIpc) is 2.97. The van der Waals surface area contributed by atoms with Gasteiger partial charge in [0.15, 0.2) is 0 Å². The second-order valence-electron chi connectivity index (χ2n) is 13.4. The molecule has 3 amide bonds. The highest BCUT2D eigenvalue weighted by Crippen LogP contribution is 2.56. The van der Waals surface area contributed by atoms with E-state index in [1.54, 1.807) is 6.92 Å². The van der Waals surface area contributed by atoms with E-state index in [-0.39, 0.29) is 23.5 Å². The number of benzene rings is 2. The molecule has 2 aromatic rings. The standard InChI is InChI=1S/C32H42N6O4S/c1-22(39)34-32-19-23-17-24(20-32)30(25(18-23)21-32)33-31(40)38-16-15-37(28-5-3-4-6-29(28)38)27-9-7-26(8-10-27)35-11-13-36(14-12-35)43(2,41)42/h3-10,23-25,30H,11-21H2,1-2H3,(H,33,40)(H,34,39). The molecular formula is C32H42N6O4S. The number of carbonyl (C=O) groups excluding carboxylic acids is 2. The van der Waals surface area contributed by atoms with Crippen LogP contribution >= 0.6 is 0 Å². The van der Waals surface area contributed by atoms with E-state index in [1.807, 2.05) is 23.1 Å². The number of hydrogen-bond donors (Lipinski definition) is 2. The maximum atomic E-state index is 13.8. The minimum atomic E-state index is -3.16. The molecule has 4 bridgehead atoms. The maximum absolute atomic E-state index is 13.8. The Bertz CT molecular complexity index is 1490. The van der Waals surface area contributed by atoms with E-state index in [1.165, 1.54) is 10.6 Å². The van der Waals surface area contributed by atoms with Crippen molar-refractivity contribution >= 4 is 44.7 Å². The van der Waals surface area contributed by atoms with Crippen molar-refractivity contribution < 1.29 is 18.0 Å². The smallest absolute Gasteiger partial charge is 0.322 e. The number of urea groups is 1. The van der Waals surface area contributed by atoms with Gasteiger partial charge < -0.3 is 20.4 Å². The van der Waals surface area contributed by atoms with Crippen molar-refractivity contribution in [1.82, 2.24) is 14.9 Å². The summed E-state index contributed by atoms with van der Waals surface area (Å²) in [5, 5.41) is 6.76. The summed E-state index contributed by atoms with van der Waals surface area (Å²) in [5.74, 6) is 1.52. The molecule has 2 heterocycles. The van der Waals surface area contributed by atoms with Gasteiger partial charge in [-0.2, -0.15) is 4.31 Å². The lowest BCUT2D eigenvalue weighted by atomic mass is 9.51. The minimum Gasteiger partial charge on any atom is -0.369 e. The average molecular weight is 607 g/mol. The molecule has 2 aromatic carbocycles. The number of sulfonamides is 1. The Morgan fingerprint density at radius 2 is 1.44 bits per heavy atom. The lowest BCUT2D eigenvalue weighted by Gasteiger charge is -2.60. The number of amides is 3. The first-order valence-corrected chi connectivity index (χ1v) is 17.5. The van der Waals surface area contributed by atoms with Gasteiger partial charge in [-0.1, -0.05) is 12.1 Å². The van der Waals surface area contributed by atoms with Crippen molar-refractivity contribution in [1.29, 1.82) is 0 Å². The van der Waals surface area contributed by atoms with Gasteiger partial charge in [0.1, 0.15) is 0 Å². The maximum Gasteiger partial charge on any atom is 0.322 e. The van der Waals surface area contributed by atoms with Crippen LogP contribution in [0.2, 0.25) is 0 Å². The van der Waals surface area contributed by atoms with E-state index >= 15 is 0 Å². The summed E-state index contributed by atoms with van der Waals surface area (Å²) in [6, 6.07) is 16.7. The number of hydrogen-bond acceptors (Lipinski definition) is 6. The highest BCUT2D eigenvalue weighted by Gasteiger charge is 2.56. The predicted molar refractivity (Wildman–Crippen MR) is 168 cm³/mol. The van der Waals surface area contributed by atoms with Crippen molar-refractivity contribution in [2.24, 2.45) is 17.8 Å². The van der Waals surface area contributed by atoms with Gasteiger partial charge in [-0.3, -0.25) is 9.69 Å². The first-order chi connectivity index (χ1) is 20.6. The molecule has 2 unspecified atom stereocenters. The van der Waals surface area contributed by atoms with Crippen molar-refractivity contribution in [2.75, 3.05) is 60.2 Å². The summed E-state index contributed by atoms with van der Waals surface area (Å²) in [6.07, 6.45) is 6.53. The Morgan fingerprint density at radius 3 is 2.07 bits per heavy atom. The highest BCUT2D eigenvalue weighted by atomic mass is 32.2. The normalized spacial score (nSPS) is 30.2. The summed E-state index contributed by atoms with van der Waals surface area (Å²) < 4.78 is 25.3. The third kappa shape index (κ3) is 5.35. The monoisotopic (exact) mass is 606 g/mol.